The number of fused-ring (bicyclic) bond motifs is 3. The number of carbonyl (C=O) groups is 7. The molecule has 4 atom stereocenters. The summed E-state index contributed by atoms with van der Waals surface area (Å²) in [5, 5.41) is 28.7. The van der Waals surface area contributed by atoms with Gasteiger partial charge in [-0.25, -0.2) is 14.4 Å². The van der Waals surface area contributed by atoms with Crippen LogP contribution in [0.5, 0.6) is 0 Å². The van der Waals surface area contributed by atoms with Crippen LogP contribution in [0.3, 0.4) is 0 Å². The predicted molar refractivity (Wildman–Crippen MR) is 420 cm³/mol. The highest BCUT2D eigenvalue weighted by Crippen LogP contribution is 2.45. The van der Waals surface area contributed by atoms with Gasteiger partial charge in [0, 0.05) is 5.92 Å². The molecule has 0 unspecified atom stereocenters. The number of amides is 7. The van der Waals surface area contributed by atoms with Crippen molar-refractivity contribution in [1.29, 1.82) is 0 Å². The van der Waals surface area contributed by atoms with Crippen molar-refractivity contribution in [2.24, 2.45) is 17.6 Å². The third-order valence-corrected chi connectivity index (χ3v) is 18.2. The van der Waals surface area contributed by atoms with Crippen LogP contribution in [0.25, 0.3) is 11.1 Å². The molecule has 2 heterocycles. The second kappa shape index (κ2) is 37.2. The summed E-state index contributed by atoms with van der Waals surface area (Å²) in [6.45, 7) is 17.9. The SMILES string of the molecule is CC(C)C[C@H](NC(=O)OC(C)(C)C)c1noc([C@H](CC(=O)NC(c2ccccc2)(c2ccccc2)c2ccccc2)NC(=O)CN)n1.CC(C)C[C@H](NC(=O)OC(C)(C)C)c1noc([C@H](CC(=O)NC(c2ccccc2)(c2ccccc2)c2ccccc2)NC(=O)CNC(=O)OCC2c3ccccc3-c3ccccc32)n1. The fourth-order valence-electron chi connectivity index (χ4n) is 13.5. The van der Waals surface area contributed by atoms with Gasteiger partial charge in [0.2, 0.25) is 35.4 Å². The Labute approximate surface area is 647 Å². The number of aromatic nitrogens is 4. The van der Waals surface area contributed by atoms with Crippen molar-refractivity contribution in [2.45, 2.75) is 147 Å². The van der Waals surface area contributed by atoms with E-state index in [1.807, 2.05) is 246 Å². The molecule has 7 amide bonds. The van der Waals surface area contributed by atoms with Gasteiger partial charge in [-0.15, -0.1) is 0 Å². The van der Waals surface area contributed by atoms with Crippen LogP contribution < -0.4 is 43.0 Å². The Bertz CT molecular complexity index is 4490. The summed E-state index contributed by atoms with van der Waals surface area (Å²) in [6.07, 6.45) is -1.72. The summed E-state index contributed by atoms with van der Waals surface area (Å²) >= 11 is 0. The Morgan fingerprint density at radius 2 is 0.721 bits per heavy atom. The van der Waals surface area contributed by atoms with E-state index in [1.54, 1.807) is 41.5 Å². The van der Waals surface area contributed by atoms with Crippen molar-refractivity contribution < 1.29 is 56.8 Å². The highest BCUT2D eigenvalue weighted by Gasteiger charge is 2.42. The quantitative estimate of drug-likeness (QED) is 0.0159. The standard InChI is InChI=1S/C51H54N6O7.C36H44N6O5/c1-33(2)29-42(54-49(61)63-50(3,4)5)46-55-47(64-57-46)43(53-45(59)31-52-48(60)62-32-41-39-27-17-15-25-37(39)38-26-16-18-28-40(38)41)30-44(58)56-51(34-19-9-6-10-20-34,35-21-11-7-12-22-35)36-23-13-8-14-24-36;1-24(2)21-28(39-34(45)46-35(3,4)5)32-40-33(47-42-32)29(38-31(44)23-37)22-30(43)41-36(25-15-9-6-10-16-25,26-17-11-7-12-18-26)27-19-13-8-14-20-27/h6-28,33,41-43H,29-32H2,1-5H3,(H,52,60)(H,53,59)(H,54,61)(H,56,58);6-20,24,28-29H,21-23,37H2,1-5H3,(H,38,44)(H,39,45)(H,41,43)/t42-,43-;28-,29-/m00/s1. The highest BCUT2D eigenvalue weighted by molar-refractivity contribution is 5.85. The Balaban J connectivity index is 0.000000248. The first-order chi connectivity index (χ1) is 53.2. The minimum atomic E-state index is -1.17. The highest BCUT2D eigenvalue weighted by atomic mass is 16.6. The molecule has 578 valence electrons. The lowest BCUT2D eigenvalue weighted by atomic mass is 9.77. The minimum Gasteiger partial charge on any atom is -0.449 e. The molecule has 24 nitrogen and oxygen atoms in total. The number of hydrogen-bond acceptors (Lipinski definition) is 17. The minimum absolute atomic E-state index is 0.00132. The summed E-state index contributed by atoms with van der Waals surface area (Å²) in [7, 11) is 0. The van der Waals surface area contributed by atoms with Crippen molar-refractivity contribution in [3.05, 3.63) is 298 Å². The maximum absolute atomic E-state index is 14.6. The van der Waals surface area contributed by atoms with Crippen molar-refractivity contribution >= 4 is 41.9 Å². The zero-order valence-corrected chi connectivity index (χ0v) is 64.2. The first-order valence-corrected chi connectivity index (χ1v) is 37.2. The Morgan fingerprint density at radius 1 is 0.405 bits per heavy atom. The van der Waals surface area contributed by atoms with Crippen molar-refractivity contribution in [3.8, 4) is 11.1 Å². The van der Waals surface area contributed by atoms with Crippen LogP contribution in [0.15, 0.2) is 240 Å². The average Bonchev–Trinajstić information content (AvgIpc) is 1.60. The largest absolute Gasteiger partial charge is 0.449 e. The normalized spacial score (nSPS) is 13.1. The molecule has 0 spiro atoms. The van der Waals surface area contributed by atoms with E-state index in [9.17, 15) is 33.6 Å². The van der Waals surface area contributed by atoms with Crippen LogP contribution >= 0.6 is 0 Å². The van der Waals surface area contributed by atoms with Crippen LogP contribution in [0, 0.1) is 11.8 Å². The molecule has 0 radical (unpaired) electrons. The van der Waals surface area contributed by atoms with Gasteiger partial charge in [0.25, 0.3) is 0 Å². The zero-order chi connectivity index (χ0) is 79.3. The molecule has 1 aliphatic carbocycles. The second-order valence-corrected chi connectivity index (χ2v) is 30.0. The van der Waals surface area contributed by atoms with Gasteiger partial charge in [0.1, 0.15) is 47.5 Å². The summed E-state index contributed by atoms with van der Waals surface area (Å²) in [5.74, 6) is -1.65. The number of nitrogens with one attached hydrogen (secondary N) is 7. The number of nitrogens with zero attached hydrogens (tertiary/aromatic N) is 4. The summed E-state index contributed by atoms with van der Waals surface area (Å²) in [5.41, 5.74) is 11.2. The molecule has 24 heteroatoms. The van der Waals surface area contributed by atoms with Gasteiger partial charge in [-0.2, -0.15) is 9.97 Å². The fraction of sp³-hybridized carbons (Fsp3) is 0.322. The van der Waals surface area contributed by atoms with E-state index in [2.05, 4.69) is 69.6 Å². The molecule has 111 heavy (non-hydrogen) atoms. The Kier molecular flexibility index (Phi) is 27.2. The molecule has 0 saturated carbocycles. The van der Waals surface area contributed by atoms with Gasteiger partial charge in [0.05, 0.1) is 31.5 Å². The van der Waals surface area contributed by atoms with Crippen molar-refractivity contribution in [2.75, 3.05) is 19.7 Å². The van der Waals surface area contributed by atoms with E-state index in [-0.39, 0.29) is 67.2 Å². The molecule has 0 bridgehead atoms. The monoisotopic (exact) mass is 1500 g/mol. The molecule has 2 aromatic heterocycles. The maximum Gasteiger partial charge on any atom is 0.408 e. The van der Waals surface area contributed by atoms with E-state index >= 15 is 0 Å². The van der Waals surface area contributed by atoms with E-state index in [0.717, 1.165) is 55.6 Å². The van der Waals surface area contributed by atoms with Crippen LogP contribution in [0.4, 0.5) is 14.4 Å². The van der Waals surface area contributed by atoms with E-state index in [1.165, 1.54) is 0 Å². The molecule has 1 aliphatic rings. The van der Waals surface area contributed by atoms with Gasteiger partial charge >= 0.3 is 18.3 Å². The van der Waals surface area contributed by atoms with Crippen LogP contribution in [0.1, 0.15) is 193 Å². The van der Waals surface area contributed by atoms with Crippen LogP contribution in [-0.2, 0) is 44.5 Å². The number of rotatable bonds is 29. The van der Waals surface area contributed by atoms with Gasteiger partial charge < -0.3 is 66.2 Å². The average molecular weight is 1500 g/mol. The molecule has 8 aromatic carbocycles. The van der Waals surface area contributed by atoms with E-state index < -0.39 is 94.9 Å². The molecule has 0 fully saturated rings. The van der Waals surface area contributed by atoms with Crippen molar-refractivity contribution in [1.82, 2.24) is 57.5 Å². The number of benzene rings is 8. The number of carbonyl (C=O) groups excluding carboxylic acids is 7. The topological polar surface area (TPSA) is 335 Å². The van der Waals surface area contributed by atoms with Gasteiger partial charge in [0.15, 0.2) is 11.6 Å². The van der Waals surface area contributed by atoms with E-state index in [0.29, 0.717) is 12.8 Å². The van der Waals surface area contributed by atoms with Crippen molar-refractivity contribution in [3.63, 3.8) is 0 Å². The first kappa shape index (κ1) is 81.2. The van der Waals surface area contributed by atoms with E-state index in [4.69, 9.17) is 29.0 Å². The third-order valence-electron chi connectivity index (χ3n) is 18.2. The lowest BCUT2D eigenvalue weighted by Crippen LogP contribution is -2.49. The van der Waals surface area contributed by atoms with Gasteiger partial charge in [-0.1, -0.05) is 269 Å². The predicted octanol–water partition coefficient (Wildman–Crippen LogP) is 14.2. The molecule has 9 N–H and O–H groups in total. The number of alkyl carbamates (subject to hydrolysis) is 3. The van der Waals surface area contributed by atoms with Crippen LogP contribution in [0.2, 0.25) is 0 Å². The fourth-order valence-corrected chi connectivity index (χ4v) is 13.5. The lowest BCUT2D eigenvalue weighted by molar-refractivity contribution is -0.126. The molecular formula is C87H98N12O12. The molecule has 0 saturated heterocycles. The zero-order valence-electron chi connectivity index (χ0n) is 64.2. The summed E-state index contributed by atoms with van der Waals surface area (Å²) < 4.78 is 28.0. The lowest BCUT2D eigenvalue weighted by Gasteiger charge is -2.37. The number of nitrogens with two attached hydrogens (primary N) is 1. The van der Waals surface area contributed by atoms with Gasteiger partial charge in [-0.05, 0) is 122 Å². The number of ether oxygens (including phenoxy) is 3. The Hall–Kier alpha value is -12.3. The molecular weight excluding hydrogens is 1410 g/mol. The number of hydrogen-bond donors (Lipinski definition) is 8. The maximum atomic E-state index is 14.6. The third kappa shape index (κ3) is 21.6. The second-order valence-electron chi connectivity index (χ2n) is 30.0. The van der Waals surface area contributed by atoms with Gasteiger partial charge in [-0.3, -0.25) is 19.2 Å². The molecule has 11 rings (SSSR count). The smallest absolute Gasteiger partial charge is 0.408 e. The summed E-state index contributed by atoms with van der Waals surface area (Å²) in [6, 6.07) is 70.4. The Morgan fingerprint density at radius 3 is 1.04 bits per heavy atom. The van der Waals surface area contributed by atoms with Crippen LogP contribution in [-0.4, -0.2) is 93.1 Å². The summed E-state index contributed by atoms with van der Waals surface area (Å²) in [4.78, 5) is 103. The first-order valence-electron chi connectivity index (χ1n) is 37.2. The molecule has 0 aliphatic heterocycles. The molecule has 10 aromatic rings.